The van der Waals surface area contributed by atoms with Gasteiger partial charge in [-0.2, -0.15) is 0 Å². The molecule has 0 heterocycles. The van der Waals surface area contributed by atoms with Crippen molar-refractivity contribution in [1.82, 2.24) is 16.2 Å². The molecule has 1 aliphatic carbocycles. The lowest BCUT2D eigenvalue weighted by molar-refractivity contribution is 0.0943. The Morgan fingerprint density at radius 2 is 1.68 bits per heavy atom. The summed E-state index contributed by atoms with van der Waals surface area (Å²) in [7, 11) is -3.75. The molecule has 0 saturated heterocycles. The van der Waals surface area contributed by atoms with Gasteiger partial charge < -0.3 is 5.32 Å². The Morgan fingerprint density at radius 3 is 2.35 bits per heavy atom. The van der Waals surface area contributed by atoms with Crippen molar-refractivity contribution < 1.29 is 13.2 Å². The van der Waals surface area contributed by atoms with E-state index in [2.05, 4.69) is 27.8 Å². The molecule has 9 heteroatoms. The Morgan fingerprint density at radius 1 is 1.00 bits per heavy atom. The molecule has 31 heavy (non-hydrogen) atoms. The zero-order valence-electron chi connectivity index (χ0n) is 17.6. The summed E-state index contributed by atoms with van der Waals surface area (Å²) in [5.41, 5.74) is 6.92. The molecule has 2 atom stereocenters. The number of amides is 1. The molecular formula is C22H28N4O3S2. The quantitative estimate of drug-likeness (QED) is 0.403. The Hall–Kier alpha value is -2.65. The van der Waals surface area contributed by atoms with Crippen molar-refractivity contribution in [3.05, 3.63) is 59.7 Å². The summed E-state index contributed by atoms with van der Waals surface area (Å²) in [5, 5.41) is 3.62. The standard InChI is InChI=1S/C22H28N4O3S2/c1-15-7-3-5-9-19(15)23-22(30)25-24-21(27)17-11-13-18(14-12-17)31(28,29)26-20-10-6-4-8-16(20)2/h4,6,8,10-15,19,26H,3,5,7,9H2,1-2H3,(H,24,27)(H2,23,25,30). The number of hydrogen-bond acceptors (Lipinski definition) is 4. The van der Waals surface area contributed by atoms with Gasteiger partial charge in [0.15, 0.2) is 5.11 Å². The van der Waals surface area contributed by atoms with E-state index in [0.717, 1.165) is 12.0 Å². The second kappa shape index (κ2) is 10.1. The van der Waals surface area contributed by atoms with Crippen LogP contribution < -0.4 is 20.9 Å². The van der Waals surface area contributed by atoms with Crippen LogP contribution in [0.4, 0.5) is 5.69 Å². The first-order valence-corrected chi connectivity index (χ1v) is 12.2. The summed E-state index contributed by atoms with van der Waals surface area (Å²) < 4.78 is 27.8. The Bertz CT molecular complexity index is 1040. The van der Waals surface area contributed by atoms with Crippen molar-refractivity contribution in [2.24, 2.45) is 5.92 Å². The van der Waals surface area contributed by atoms with E-state index >= 15 is 0 Å². The number of rotatable bonds is 5. The second-order valence-electron chi connectivity index (χ2n) is 7.87. The number of aryl methyl sites for hydroxylation is 1. The zero-order valence-corrected chi connectivity index (χ0v) is 19.3. The first-order valence-electron chi connectivity index (χ1n) is 10.3. The van der Waals surface area contributed by atoms with Crippen molar-refractivity contribution >= 4 is 38.9 Å². The van der Waals surface area contributed by atoms with E-state index in [9.17, 15) is 13.2 Å². The molecule has 0 aromatic heterocycles. The van der Waals surface area contributed by atoms with E-state index in [-0.39, 0.29) is 4.90 Å². The highest BCUT2D eigenvalue weighted by Gasteiger charge is 2.22. The molecule has 1 fully saturated rings. The van der Waals surface area contributed by atoms with Gasteiger partial charge in [-0.15, -0.1) is 0 Å². The molecule has 4 N–H and O–H groups in total. The minimum absolute atomic E-state index is 0.0729. The molecule has 2 aromatic rings. The number of carbonyl (C=O) groups excluding carboxylic acids is 1. The molecule has 0 aliphatic heterocycles. The van der Waals surface area contributed by atoms with Gasteiger partial charge in [-0.25, -0.2) is 8.42 Å². The maximum absolute atomic E-state index is 12.6. The summed E-state index contributed by atoms with van der Waals surface area (Å²) >= 11 is 5.27. The van der Waals surface area contributed by atoms with E-state index < -0.39 is 15.9 Å². The van der Waals surface area contributed by atoms with Crippen molar-refractivity contribution in [2.75, 3.05) is 4.72 Å². The van der Waals surface area contributed by atoms with Gasteiger partial charge in [-0.3, -0.25) is 20.4 Å². The lowest BCUT2D eigenvalue weighted by Gasteiger charge is -2.30. The van der Waals surface area contributed by atoms with Crippen LogP contribution in [0.1, 0.15) is 48.5 Å². The first kappa shape index (κ1) is 23.0. The lowest BCUT2D eigenvalue weighted by atomic mass is 9.86. The van der Waals surface area contributed by atoms with E-state index in [1.807, 2.05) is 19.1 Å². The third kappa shape index (κ3) is 6.18. The van der Waals surface area contributed by atoms with Gasteiger partial charge in [-0.1, -0.05) is 38.0 Å². The Kier molecular flexibility index (Phi) is 7.50. The summed E-state index contributed by atoms with van der Waals surface area (Å²) in [6.45, 7) is 4.02. The van der Waals surface area contributed by atoms with Crippen LogP contribution in [0.25, 0.3) is 0 Å². The normalized spacial score (nSPS) is 18.6. The number of sulfonamides is 1. The maximum Gasteiger partial charge on any atom is 0.269 e. The highest BCUT2D eigenvalue weighted by molar-refractivity contribution is 7.92. The van der Waals surface area contributed by atoms with E-state index in [1.165, 1.54) is 43.5 Å². The molecule has 0 radical (unpaired) electrons. The summed E-state index contributed by atoms with van der Waals surface area (Å²) in [4.78, 5) is 12.4. The highest BCUT2D eigenvalue weighted by Crippen LogP contribution is 2.23. The van der Waals surface area contributed by atoms with Gasteiger partial charge in [0.25, 0.3) is 15.9 Å². The number of para-hydroxylation sites is 1. The van der Waals surface area contributed by atoms with Gasteiger partial charge >= 0.3 is 0 Å². The van der Waals surface area contributed by atoms with E-state index in [4.69, 9.17) is 12.2 Å². The number of anilines is 1. The van der Waals surface area contributed by atoms with Gasteiger partial charge in [-0.05, 0) is 73.8 Å². The molecule has 0 bridgehead atoms. The molecule has 2 aromatic carbocycles. The SMILES string of the molecule is Cc1ccccc1NS(=O)(=O)c1ccc(C(=O)NNC(=S)NC2CCCCC2C)cc1. The summed E-state index contributed by atoms with van der Waals surface area (Å²) in [5.74, 6) is 0.128. The predicted molar refractivity (Wildman–Crippen MR) is 126 cm³/mol. The number of nitrogens with one attached hydrogen (secondary N) is 4. The predicted octanol–water partition coefficient (Wildman–Crippen LogP) is 3.48. The third-order valence-corrected chi connectivity index (χ3v) is 7.14. The first-order chi connectivity index (χ1) is 14.8. The molecular weight excluding hydrogens is 432 g/mol. The molecule has 166 valence electrons. The minimum Gasteiger partial charge on any atom is -0.358 e. The molecule has 1 aliphatic rings. The number of hydrazine groups is 1. The highest BCUT2D eigenvalue weighted by atomic mass is 32.2. The molecule has 3 rings (SSSR count). The van der Waals surface area contributed by atoms with E-state index in [1.54, 1.807) is 12.1 Å². The average Bonchev–Trinajstić information content (AvgIpc) is 2.75. The molecule has 0 spiro atoms. The van der Waals surface area contributed by atoms with Crippen LogP contribution in [0, 0.1) is 12.8 Å². The third-order valence-electron chi connectivity index (χ3n) is 5.53. The smallest absolute Gasteiger partial charge is 0.269 e. The molecule has 2 unspecified atom stereocenters. The summed E-state index contributed by atoms with van der Waals surface area (Å²) in [6.07, 6.45) is 4.64. The zero-order chi connectivity index (χ0) is 22.4. The summed E-state index contributed by atoms with van der Waals surface area (Å²) in [6, 6.07) is 13.1. The number of hydrogen-bond donors (Lipinski definition) is 4. The van der Waals surface area contributed by atoms with Crippen molar-refractivity contribution in [2.45, 2.75) is 50.5 Å². The Balaban J connectivity index is 1.56. The van der Waals surface area contributed by atoms with Crippen LogP contribution in [-0.2, 0) is 10.0 Å². The van der Waals surface area contributed by atoms with Crippen LogP contribution in [0.3, 0.4) is 0 Å². The molecule has 1 amide bonds. The fourth-order valence-electron chi connectivity index (χ4n) is 3.60. The number of benzene rings is 2. The van der Waals surface area contributed by atoms with Gasteiger partial charge in [0, 0.05) is 11.6 Å². The number of carbonyl (C=O) groups is 1. The second-order valence-corrected chi connectivity index (χ2v) is 9.96. The fourth-order valence-corrected chi connectivity index (χ4v) is 4.93. The van der Waals surface area contributed by atoms with Crippen molar-refractivity contribution in [3.63, 3.8) is 0 Å². The monoisotopic (exact) mass is 460 g/mol. The van der Waals surface area contributed by atoms with Crippen LogP contribution in [0.15, 0.2) is 53.4 Å². The Labute approximate surface area is 189 Å². The maximum atomic E-state index is 12.6. The van der Waals surface area contributed by atoms with Crippen molar-refractivity contribution in [3.8, 4) is 0 Å². The topological polar surface area (TPSA) is 99.3 Å². The van der Waals surface area contributed by atoms with Gasteiger partial charge in [0.1, 0.15) is 0 Å². The minimum atomic E-state index is -3.75. The van der Waals surface area contributed by atoms with Crippen LogP contribution in [0.5, 0.6) is 0 Å². The molecule has 1 saturated carbocycles. The van der Waals surface area contributed by atoms with Gasteiger partial charge in [0.2, 0.25) is 0 Å². The van der Waals surface area contributed by atoms with E-state index in [0.29, 0.717) is 28.3 Å². The van der Waals surface area contributed by atoms with Crippen LogP contribution in [-0.4, -0.2) is 25.5 Å². The van der Waals surface area contributed by atoms with Crippen LogP contribution in [0.2, 0.25) is 0 Å². The van der Waals surface area contributed by atoms with Gasteiger partial charge in [0.05, 0.1) is 10.6 Å². The lowest BCUT2D eigenvalue weighted by Crippen LogP contribution is -2.51. The fraction of sp³-hybridized carbons (Fsp3) is 0.364. The number of thiocarbonyl (C=S) groups is 1. The van der Waals surface area contributed by atoms with Crippen molar-refractivity contribution in [1.29, 1.82) is 0 Å². The largest absolute Gasteiger partial charge is 0.358 e. The molecule has 7 nitrogen and oxygen atoms in total. The van der Waals surface area contributed by atoms with Crippen LogP contribution >= 0.6 is 12.2 Å². The average molecular weight is 461 g/mol.